The Morgan fingerprint density at radius 3 is 2.14 bits per heavy atom. The maximum absolute atomic E-state index is 10.3. The van der Waals surface area contributed by atoms with E-state index in [-0.39, 0.29) is 0 Å². The van der Waals surface area contributed by atoms with E-state index in [1.807, 2.05) is 0 Å². The summed E-state index contributed by atoms with van der Waals surface area (Å²) in [6, 6.07) is 8.61. The molecule has 118 valence electrons. The summed E-state index contributed by atoms with van der Waals surface area (Å²) in [5.41, 5.74) is -3.84. The molecular formula is C15H22O6. The fourth-order valence-electron chi connectivity index (χ4n) is 1.93. The second-order valence-corrected chi connectivity index (χ2v) is 5.41. The van der Waals surface area contributed by atoms with Crippen LogP contribution in [0.3, 0.4) is 0 Å². The van der Waals surface area contributed by atoms with E-state index in [2.05, 4.69) is 0 Å². The van der Waals surface area contributed by atoms with Crippen LogP contribution in [0.15, 0.2) is 36.1 Å². The molecular weight excluding hydrogens is 276 g/mol. The van der Waals surface area contributed by atoms with Gasteiger partial charge in [-0.2, -0.15) is 0 Å². The molecule has 0 bridgehead atoms. The summed E-state index contributed by atoms with van der Waals surface area (Å²) >= 11 is 0. The third-order valence-electron chi connectivity index (χ3n) is 3.56. The monoisotopic (exact) mass is 298 g/mol. The molecule has 0 amide bonds. The third kappa shape index (κ3) is 3.81. The van der Waals surface area contributed by atoms with Crippen molar-refractivity contribution in [2.75, 3.05) is 6.61 Å². The van der Waals surface area contributed by atoms with Crippen molar-refractivity contribution in [2.45, 2.75) is 37.3 Å². The number of hydrogen-bond donors (Lipinski definition) is 6. The molecule has 0 unspecified atom stereocenters. The Bertz CT molecular complexity index is 480. The van der Waals surface area contributed by atoms with E-state index in [0.29, 0.717) is 5.56 Å². The van der Waals surface area contributed by atoms with Gasteiger partial charge in [0.15, 0.2) is 0 Å². The van der Waals surface area contributed by atoms with Gasteiger partial charge in [0.05, 0.1) is 6.61 Å². The van der Waals surface area contributed by atoms with Gasteiger partial charge in [0, 0.05) is 0 Å². The predicted octanol–water partition coefficient (Wildman–Crippen LogP) is -0.198. The van der Waals surface area contributed by atoms with Crippen LogP contribution in [0.2, 0.25) is 0 Å². The van der Waals surface area contributed by atoms with Gasteiger partial charge in [-0.25, -0.2) is 0 Å². The predicted molar refractivity (Wildman–Crippen MR) is 77.4 cm³/mol. The maximum atomic E-state index is 10.3. The minimum atomic E-state index is -2.21. The number of rotatable bonds is 6. The highest BCUT2D eigenvalue weighted by Gasteiger charge is 2.49. The average molecular weight is 298 g/mol. The number of hydrogen-bond acceptors (Lipinski definition) is 6. The first-order chi connectivity index (χ1) is 9.64. The molecule has 0 spiro atoms. The molecule has 6 N–H and O–H groups in total. The number of benzene rings is 1. The van der Waals surface area contributed by atoms with Crippen molar-refractivity contribution in [3.63, 3.8) is 0 Å². The number of aliphatic hydroxyl groups is 6. The summed E-state index contributed by atoms with van der Waals surface area (Å²) in [5.74, 6) is -0.577. The van der Waals surface area contributed by atoms with E-state index in [9.17, 15) is 25.5 Å². The average Bonchev–Trinajstić information content (AvgIpc) is 2.46. The fourth-order valence-corrected chi connectivity index (χ4v) is 1.93. The van der Waals surface area contributed by atoms with Crippen LogP contribution >= 0.6 is 0 Å². The first-order valence-electron chi connectivity index (χ1n) is 6.52. The summed E-state index contributed by atoms with van der Waals surface area (Å²) in [5, 5.41) is 58.8. The molecule has 0 aliphatic carbocycles. The van der Waals surface area contributed by atoms with E-state index in [1.54, 1.807) is 30.3 Å². The van der Waals surface area contributed by atoms with E-state index in [1.165, 1.54) is 6.08 Å². The Balaban J connectivity index is 3.06. The molecule has 0 aliphatic rings. The van der Waals surface area contributed by atoms with Crippen LogP contribution in [0, 0.1) is 0 Å². The lowest BCUT2D eigenvalue weighted by Gasteiger charge is -2.40. The molecule has 4 atom stereocenters. The number of aliphatic hydroxyl groups excluding tert-OH is 4. The third-order valence-corrected chi connectivity index (χ3v) is 3.56. The van der Waals surface area contributed by atoms with Gasteiger partial charge in [-0.3, -0.25) is 0 Å². The molecule has 0 aromatic heterocycles. The molecule has 6 heteroatoms. The second kappa shape index (κ2) is 6.55. The Labute approximate surface area is 123 Å². The topological polar surface area (TPSA) is 121 Å². The van der Waals surface area contributed by atoms with Gasteiger partial charge in [0.25, 0.3) is 0 Å². The van der Waals surface area contributed by atoms with Crippen molar-refractivity contribution in [3.8, 4) is 0 Å². The van der Waals surface area contributed by atoms with Crippen LogP contribution in [-0.2, 0) is 0 Å². The quantitative estimate of drug-likeness (QED) is 0.405. The minimum absolute atomic E-state index is 0.577. The van der Waals surface area contributed by atoms with E-state index in [4.69, 9.17) is 5.11 Å². The zero-order valence-electron chi connectivity index (χ0n) is 12.0. The molecule has 0 saturated carbocycles. The summed E-state index contributed by atoms with van der Waals surface area (Å²) in [4.78, 5) is 0. The van der Waals surface area contributed by atoms with E-state index >= 15 is 0 Å². The lowest BCUT2D eigenvalue weighted by atomic mass is 9.81. The summed E-state index contributed by atoms with van der Waals surface area (Å²) in [6.45, 7) is 1.36. The molecule has 21 heavy (non-hydrogen) atoms. The molecule has 1 aromatic rings. The zero-order valence-corrected chi connectivity index (χ0v) is 12.0. The highest BCUT2D eigenvalue weighted by Crippen LogP contribution is 2.30. The lowest BCUT2D eigenvalue weighted by molar-refractivity contribution is -0.198. The van der Waals surface area contributed by atoms with Crippen LogP contribution in [-0.4, -0.2) is 60.7 Å². The first-order valence-corrected chi connectivity index (χ1v) is 6.52. The Hall–Kier alpha value is -1.44. The molecule has 1 aromatic carbocycles. The van der Waals surface area contributed by atoms with Crippen LogP contribution < -0.4 is 0 Å². The molecule has 0 aliphatic heterocycles. The molecule has 6 nitrogen and oxygen atoms in total. The maximum Gasteiger partial charge on any atom is 0.147 e. The van der Waals surface area contributed by atoms with Gasteiger partial charge in [-0.05, 0) is 25.5 Å². The minimum Gasteiger partial charge on any atom is -0.509 e. The molecule has 0 fully saturated rings. The summed E-state index contributed by atoms with van der Waals surface area (Å²) < 4.78 is 0. The normalized spacial score (nSPS) is 21.2. The lowest BCUT2D eigenvalue weighted by Crippen LogP contribution is -2.60. The standard InChI is InChI=1S/C15H22O6/c1-14(20,13(19)15(2,21)12(18)9-16)11(17)8-10-6-4-3-5-7-10/h3-8,12-13,16-21H,9H2,1-2H3/t12-,13-,14+,15-/m1/s1. The van der Waals surface area contributed by atoms with Gasteiger partial charge >= 0.3 is 0 Å². The van der Waals surface area contributed by atoms with Gasteiger partial charge in [-0.15, -0.1) is 0 Å². The summed E-state index contributed by atoms with van der Waals surface area (Å²) in [7, 11) is 0. The largest absolute Gasteiger partial charge is 0.509 e. The Morgan fingerprint density at radius 1 is 1.14 bits per heavy atom. The smallest absolute Gasteiger partial charge is 0.147 e. The molecule has 0 heterocycles. The van der Waals surface area contributed by atoms with E-state index < -0.39 is 35.8 Å². The Kier molecular flexibility index (Phi) is 5.49. The molecule has 0 radical (unpaired) electrons. The van der Waals surface area contributed by atoms with Crippen molar-refractivity contribution in [1.29, 1.82) is 0 Å². The van der Waals surface area contributed by atoms with Crippen LogP contribution in [0.1, 0.15) is 19.4 Å². The van der Waals surface area contributed by atoms with Gasteiger partial charge in [0.2, 0.25) is 0 Å². The molecule has 0 saturated heterocycles. The zero-order chi connectivity index (χ0) is 16.3. The van der Waals surface area contributed by atoms with Gasteiger partial charge in [0.1, 0.15) is 29.2 Å². The van der Waals surface area contributed by atoms with Crippen molar-refractivity contribution < 1.29 is 30.6 Å². The van der Waals surface area contributed by atoms with Gasteiger partial charge in [-0.1, -0.05) is 30.3 Å². The van der Waals surface area contributed by atoms with Crippen LogP contribution in [0.5, 0.6) is 0 Å². The highest BCUT2D eigenvalue weighted by atomic mass is 16.4. The van der Waals surface area contributed by atoms with Crippen molar-refractivity contribution in [3.05, 3.63) is 41.7 Å². The van der Waals surface area contributed by atoms with Gasteiger partial charge < -0.3 is 30.6 Å². The van der Waals surface area contributed by atoms with Crippen molar-refractivity contribution in [1.82, 2.24) is 0 Å². The first kappa shape index (κ1) is 17.6. The Morgan fingerprint density at radius 2 is 1.67 bits per heavy atom. The van der Waals surface area contributed by atoms with E-state index in [0.717, 1.165) is 13.8 Å². The van der Waals surface area contributed by atoms with Crippen LogP contribution in [0.25, 0.3) is 6.08 Å². The second-order valence-electron chi connectivity index (χ2n) is 5.41. The highest BCUT2D eigenvalue weighted by molar-refractivity contribution is 5.52. The fraction of sp³-hybridized carbons (Fsp3) is 0.467. The molecule has 1 rings (SSSR count). The SMILES string of the molecule is C[C@@](O)([C@H](O)CO)[C@H](O)[C@@](C)(O)C(O)=Cc1ccccc1. The van der Waals surface area contributed by atoms with Crippen LogP contribution in [0.4, 0.5) is 0 Å². The van der Waals surface area contributed by atoms with Crippen molar-refractivity contribution in [2.24, 2.45) is 0 Å². The summed E-state index contributed by atoms with van der Waals surface area (Å²) in [6.07, 6.45) is -2.36. The van der Waals surface area contributed by atoms with Crippen molar-refractivity contribution >= 4 is 6.08 Å².